The minimum absolute atomic E-state index is 0.000410. The van der Waals surface area contributed by atoms with Gasteiger partial charge in [-0.25, -0.2) is 4.68 Å². The summed E-state index contributed by atoms with van der Waals surface area (Å²) in [7, 11) is 3.97. The number of carbonyl (C=O) groups excluding carboxylic acids is 1. The molecule has 2 atom stereocenters. The van der Waals surface area contributed by atoms with Gasteiger partial charge in [0.1, 0.15) is 0 Å². The number of halogens is 1. The third-order valence-corrected chi connectivity index (χ3v) is 6.39. The molecule has 1 aromatic heterocycles. The molecule has 5 nitrogen and oxygen atoms in total. The zero-order valence-corrected chi connectivity index (χ0v) is 19.9. The monoisotopic (exact) mass is 448 g/mol. The topological polar surface area (TPSA) is 50.2 Å². The van der Waals surface area contributed by atoms with Crippen molar-refractivity contribution in [2.24, 2.45) is 0 Å². The first-order chi connectivity index (χ1) is 15.2. The van der Waals surface area contributed by atoms with Crippen LogP contribution in [-0.2, 0) is 0 Å². The number of aromatic nitrogens is 2. The summed E-state index contributed by atoms with van der Waals surface area (Å²) in [5.74, 6) is 0.171. The fourth-order valence-electron chi connectivity index (χ4n) is 4.47. The number of benzene rings is 2. The lowest BCUT2D eigenvalue weighted by atomic mass is 9.95. The van der Waals surface area contributed by atoms with Gasteiger partial charge >= 0.3 is 0 Å². The van der Waals surface area contributed by atoms with Crippen LogP contribution in [0.25, 0.3) is 5.69 Å². The van der Waals surface area contributed by atoms with E-state index in [4.69, 9.17) is 16.7 Å². The average Bonchev–Trinajstić information content (AvgIpc) is 3.31. The lowest BCUT2D eigenvalue weighted by Crippen LogP contribution is -2.32. The van der Waals surface area contributed by atoms with Crippen LogP contribution in [0.5, 0.6) is 0 Å². The lowest BCUT2D eigenvalue weighted by Gasteiger charge is -2.16. The Labute approximate surface area is 194 Å². The van der Waals surface area contributed by atoms with Gasteiger partial charge in [-0.2, -0.15) is 5.10 Å². The van der Waals surface area contributed by atoms with Crippen LogP contribution < -0.4 is 10.2 Å². The van der Waals surface area contributed by atoms with Crippen molar-refractivity contribution < 1.29 is 4.79 Å². The standard InChI is InChI=1S/C26H29ClN4O/c1-16-14-21(27)9-13-24(16)31-18(3)25(17(2)29-31)20-6-10-22(15-20)28-26(32)19-7-11-23(12-8-19)30(4)5/h6-14,20,22H,15H2,1-5H3,(H,28,32). The van der Waals surface area contributed by atoms with Crippen molar-refractivity contribution in [2.45, 2.75) is 39.2 Å². The van der Waals surface area contributed by atoms with Crippen molar-refractivity contribution in [1.29, 1.82) is 0 Å². The van der Waals surface area contributed by atoms with Crippen molar-refractivity contribution in [3.63, 3.8) is 0 Å². The number of nitrogens with one attached hydrogen (secondary N) is 1. The Morgan fingerprint density at radius 3 is 2.47 bits per heavy atom. The molecule has 1 aliphatic carbocycles. The Kier molecular flexibility index (Phi) is 6.11. The summed E-state index contributed by atoms with van der Waals surface area (Å²) in [4.78, 5) is 14.7. The summed E-state index contributed by atoms with van der Waals surface area (Å²) in [6.07, 6.45) is 5.12. The molecule has 2 unspecified atom stereocenters. The number of allylic oxidation sites excluding steroid dienone is 1. The Morgan fingerprint density at radius 2 is 1.81 bits per heavy atom. The van der Waals surface area contributed by atoms with E-state index in [1.54, 1.807) is 0 Å². The van der Waals surface area contributed by atoms with E-state index in [9.17, 15) is 4.79 Å². The number of anilines is 1. The fourth-order valence-corrected chi connectivity index (χ4v) is 4.69. The van der Waals surface area contributed by atoms with Gasteiger partial charge in [0.15, 0.2) is 0 Å². The van der Waals surface area contributed by atoms with Crippen molar-refractivity contribution >= 4 is 23.2 Å². The predicted octanol–water partition coefficient (Wildman–Crippen LogP) is 5.36. The molecule has 0 aliphatic heterocycles. The quantitative estimate of drug-likeness (QED) is 0.534. The van der Waals surface area contributed by atoms with E-state index in [0.717, 1.165) is 39.8 Å². The Morgan fingerprint density at radius 1 is 1.09 bits per heavy atom. The molecule has 2 aromatic carbocycles. The van der Waals surface area contributed by atoms with Crippen LogP contribution in [0.2, 0.25) is 5.02 Å². The van der Waals surface area contributed by atoms with E-state index in [-0.39, 0.29) is 17.9 Å². The van der Waals surface area contributed by atoms with E-state index >= 15 is 0 Å². The first-order valence-corrected chi connectivity index (χ1v) is 11.2. The summed E-state index contributed by atoms with van der Waals surface area (Å²) in [6, 6.07) is 13.5. The highest BCUT2D eigenvalue weighted by atomic mass is 35.5. The molecule has 1 aliphatic rings. The van der Waals surface area contributed by atoms with E-state index in [0.29, 0.717) is 5.56 Å². The molecule has 0 radical (unpaired) electrons. The van der Waals surface area contributed by atoms with Gasteiger partial charge in [0.05, 0.1) is 11.4 Å². The molecule has 6 heteroatoms. The Balaban J connectivity index is 1.48. The number of hydrogen-bond acceptors (Lipinski definition) is 3. The van der Waals surface area contributed by atoms with Gasteiger partial charge < -0.3 is 10.2 Å². The van der Waals surface area contributed by atoms with E-state index in [1.807, 2.05) is 73.1 Å². The molecule has 1 amide bonds. The maximum Gasteiger partial charge on any atom is 0.251 e. The highest BCUT2D eigenvalue weighted by Crippen LogP contribution is 2.34. The Hall–Kier alpha value is -3.05. The van der Waals surface area contributed by atoms with Crippen LogP contribution >= 0.6 is 11.6 Å². The van der Waals surface area contributed by atoms with Crippen molar-refractivity contribution in [3.8, 4) is 5.69 Å². The molecule has 1 N–H and O–H groups in total. The predicted molar refractivity (Wildman–Crippen MR) is 131 cm³/mol. The fraction of sp³-hybridized carbons (Fsp3) is 0.308. The minimum atomic E-state index is -0.0495. The SMILES string of the molecule is Cc1cc(Cl)ccc1-n1nc(C)c(C2C=CC(NC(=O)c3ccc(N(C)C)cc3)C2)c1C. The molecule has 0 saturated carbocycles. The highest BCUT2D eigenvalue weighted by molar-refractivity contribution is 6.30. The summed E-state index contributed by atoms with van der Waals surface area (Å²) >= 11 is 6.13. The maximum absolute atomic E-state index is 12.7. The molecule has 4 rings (SSSR count). The summed E-state index contributed by atoms with van der Waals surface area (Å²) in [5.41, 5.74) is 7.22. The smallest absolute Gasteiger partial charge is 0.251 e. The molecule has 0 spiro atoms. The summed E-state index contributed by atoms with van der Waals surface area (Å²) < 4.78 is 2.00. The molecule has 1 heterocycles. The first-order valence-electron chi connectivity index (χ1n) is 10.8. The van der Waals surface area contributed by atoms with Gasteiger partial charge in [0, 0.05) is 53.6 Å². The van der Waals surface area contributed by atoms with Gasteiger partial charge in [-0.05, 0) is 75.2 Å². The summed E-state index contributed by atoms with van der Waals surface area (Å²) in [5, 5.41) is 8.70. The second-order valence-corrected chi connectivity index (χ2v) is 9.11. The zero-order chi connectivity index (χ0) is 23.0. The third-order valence-electron chi connectivity index (χ3n) is 6.15. The lowest BCUT2D eigenvalue weighted by molar-refractivity contribution is 0.0944. The van der Waals surface area contributed by atoms with Crippen LogP contribution in [-0.4, -0.2) is 35.8 Å². The van der Waals surface area contributed by atoms with Crippen molar-refractivity contribution in [3.05, 3.63) is 87.7 Å². The molecule has 0 saturated heterocycles. The number of hydrogen-bond donors (Lipinski definition) is 1. The number of rotatable bonds is 5. The Bertz CT molecular complexity index is 1180. The van der Waals surface area contributed by atoms with Crippen LogP contribution in [0.15, 0.2) is 54.6 Å². The van der Waals surface area contributed by atoms with Gasteiger partial charge in [-0.15, -0.1) is 0 Å². The van der Waals surface area contributed by atoms with E-state index in [1.165, 1.54) is 5.56 Å². The third kappa shape index (κ3) is 4.30. The van der Waals surface area contributed by atoms with Gasteiger partial charge in [-0.3, -0.25) is 4.79 Å². The van der Waals surface area contributed by atoms with Crippen LogP contribution in [0.4, 0.5) is 5.69 Å². The van der Waals surface area contributed by atoms with Gasteiger partial charge in [-0.1, -0.05) is 23.8 Å². The van der Waals surface area contributed by atoms with Crippen LogP contribution in [0, 0.1) is 20.8 Å². The highest BCUT2D eigenvalue weighted by Gasteiger charge is 2.27. The average molecular weight is 449 g/mol. The van der Waals surface area contributed by atoms with E-state index in [2.05, 4.69) is 31.3 Å². The number of aryl methyl sites for hydroxylation is 2. The second kappa shape index (κ2) is 8.83. The molecule has 3 aromatic rings. The van der Waals surface area contributed by atoms with Crippen molar-refractivity contribution in [2.75, 3.05) is 19.0 Å². The molecule has 166 valence electrons. The molecule has 0 fully saturated rings. The minimum Gasteiger partial charge on any atom is -0.378 e. The molecule has 32 heavy (non-hydrogen) atoms. The van der Waals surface area contributed by atoms with Gasteiger partial charge in [0.25, 0.3) is 5.91 Å². The number of carbonyl (C=O) groups is 1. The number of nitrogens with zero attached hydrogens (tertiary/aromatic N) is 3. The number of amides is 1. The summed E-state index contributed by atoms with van der Waals surface area (Å²) in [6.45, 7) is 6.20. The normalized spacial score (nSPS) is 17.6. The van der Waals surface area contributed by atoms with Crippen LogP contribution in [0.1, 0.15) is 45.2 Å². The zero-order valence-electron chi connectivity index (χ0n) is 19.2. The maximum atomic E-state index is 12.7. The molecular weight excluding hydrogens is 420 g/mol. The van der Waals surface area contributed by atoms with E-state index < -0.39 is 0 Å². The second-order valence-electron chi connectivity index (χ2n) is 8.68. The largest absolute Gasteiger partial charge is 0.378 e. The van der Waals surface area contributed by atoms with Crippen LogP contribution in [0.3, 0.4) is 0 Å². The molecular formula is C26H29ClN4O. The molecule has 0 bridgehead atoms. The first kappa shape index (κ1) is 22.2. The van der Waals surface area contributed by atoms with Crippen molar-refractivity contribution in [1.82, 2.24) is 15.1 Å². The van der Waals surface area contributed by atoms with Gasteiger partial charge in [0.2, 0.25) is 0 Å².